The summed E-state index contributed by atoms with van der Waals surface area (Å²) in [4.78, 5) is 0. The van der Waals surface area contributed by atoms with Crippen molar-refractivity contribution >= 4 is 0 Å². The average molecular weight is 209 g/mol. The van der Waals surface area contributed by atoms with Crippen LogP contribution in [-0.4, -0.2) is 26.3 Å². The first-order valence-electron chi connectivity index (χ1n) is 5.28. The average Bonchev–Trinajstić information content (AvgIpc) is 2.69. The molecule has 3 heteroatoms. The maximum Gasteiger partial charge on any atom is 0.126 e. The zero-order valence-electron chi connectivity index (χ0n) is 8.87. The second-order valence-electron chi connectivity index (χ2n) is 3.99. The van der Waals surface area contributed by atoms with Gasteiger partial charge in [0.2, 0.25) is 0 Å². The Bertz CT molecular complexity index is 329. The first-order chi connectivity index (χ1) is 7.31. The summed E-state index contributed by atoms with van der Waals surface area (Å²) in [5.74, 6) is 0.270. The van der Waals surface area contributed by atoms with Gasteiger partial charge in [-0.3, -0.25) is 0 Å². The van der Waals surface area contributed by atoms with Gasteiger partial charge >= 0.3 is 0 Å². The molecule has 0 aliphatic carbocycles. The van der Waals surface area contributed by atoms with Gasteiger partial charge in [0.05, 0.1) is 6.10 Å². The maximum atomic E-state index is 13.4. The zero-order valence-corrected chi connectivity index (χ0v) is 8.87. The van der Waals surface area contributed by atoms with E-state index in [1.807, 2.05) is 12.1 Å². The van der Waals surface area contributed by atoms with Gasteiger partial charge in [0, 0.05) is 26.1 Å². The van der Waals surface area contributed by atoms with Crippen LogP contribution in [0.25, 0.3) is 0 Å². The van der Waals surface area contributed by atoms with Crippen LogP contribution < -0.4 is 5.32 Å². The van der Waals surface area contributed by atoms with Crippen LogP contribution in [-0.2, 0) is 11.2 Å². The Morgan fingerprint density at radius 2 is 2.20 bits per heavy atom. The van der Waals surface area contributed by atoms with E-state index in [1.54, 1.807) is 13.2 Å². The SMILES string of the molecule is COC1CNCC1Cc1ccccc1F. The van der Waals surface area contributed by atoms with E-state index in [0.29, 0.717) is 5.92 Å². The zero-order chi connectivity index (χ0) is 10.7. The van der Waals surface area contributed by atoms with Crippen LogP contribution in [0.15, 0.2) is 24.3 Å². The molecule has 2 atom stereocenters. The molecule has 1 aromatic carbocycles. The number of benzene rings is 1. The third-order valence-corrected chi connectivity index (χ3v) is 3.02. The van der Waals surface area contributed by atoms with Gasteiger partial charge in [-0.25, -0.2) is 4.39 Å². The lowest BCUT2D eigenvalue weighted by Crippen LogP contribution is -2.23. The van der Waals surface area contributed by atoms with E-state index in [0.717, 1.165) is 25.1 Å². The summed E-state index contributed by atoms with van der Waals surface area (Å²) >= 11 is 0. The van der Waals surface area contributed by atoms with E-state index in [-0.39, 0.29) is 11.9 Å². The van der Waals surface area contributed by atoms with E-state index < -0.39 is 0 Å². The van der Waals surface area contributed by atoms with Gasteiger partial charge in [0.25, 0.3) is 0 Å². The molecule has 15 heavy (non-hydrogen) atoms. The number of methoxy groups -OCH3 is 1. The molecule has 1 aliphatic rings. The summed E-state index contributed by atoms with van der Waals surface area (Å²) in [5, 5.41) is 3.27. The summed E-state index contributed by atoms with van der Waals surface area (Å²) in [6.45, 7) is 1.78. The second kappa shape index (κ2) is 4.73. The predicted molar refractivity (Wildman–Crippen MR) is 57.3 cm³/mol. The molecule has 82 valence electrons. The first-order valence-corrected chi connectivity index (χ1v) is 5.28. The van der Waals surface area contributed by atoms with Crippen LogP contribution >= 0.6 is 0 Å². The molecular formula is C12H16FNO. The Hall–Kier alpha value is -0.930. The fourth-order valence-corrected chi connectivity index (χ4v) is 2.13. The number of nitrogens with one attached hydrogen (secondary N) is 1. The molecule has 0 radical (unpaired) electrons. The van der Waals surface area contributed by atoms with Gasteiger partial charge in [-0.15, -0.1) is 0 Å². The monoisotopic (exact) mass is 209 g/mol. The first kappa shape index (κ1) is 10.6. The molecule has 1 aromatic rings. The van der Waals surface area contributed by atoms with Gasteiger partial charge in [-0.2, -0.15) is 0 Å². The highest BCUT2D eigenvalue weighted by atomic mass is 19.1. The highest BCUT2D eigenvalue weighted by Crippen LogP contribution is 2.19. The van der Waals surface area contributed by atoms with Crippen molar-refractivity contribution in [2.45, 2.75) is 12.5 Å². The second-order valence-corrected chi connectivity index (χ2v) is 3.99. The molecule has 1 fully saturated rings. The fourth-order valence-electron chi connectivity index (χ4n) is 2.13. The molecule has 1 N–H and O–H groups in total. The van der Waals surface area contributed by atoms with Crippen LogP contribution in [0.1, 0.15) is 5.56 Å². The van der Waals surface area contributed by atoms with Gasteiger partial charge in [0.1, 0.15) is 5.82 Å². The number of halogens is 1. The van der Waals surface area contributed by atoms with Crippen molar-refractivity contribution in [3.63, 3.8) is 0 Å². The minimum Gasteiger partial charge on any atom is -0.380 e. The molecule has 1 saturated heterocycles. The minimum atomic E-state index is -0.112. The van der Waals surface area contributed by atoms with Crippen LogP contribution in [0.4, 0.5) is 4.39 Å². The molecule has 0 aromatic heterocycles. The van der Waals surface area contributed by atoms with Gasteiger partial charge in [-0.05, 0) is 18.1 Å². The Balaban J connectivity index is 2.05. The molecule has 1 aliphatic heterocycles. The predicted octanol–water partition coefficient (Wildman–Crippen LogP) is 1.60. The smallest absolute Gasteiger partial charge is 0.126 e. The summed E-state index contributed by atoms with van der Waals surface area (Å²) in [6, 6.07) is 6.96. The Morgan fingerprint density at radius 1 is 1.40 bits per heavy atom. The Morgan fingerprint density at radius 3 is 2.93 bits per heavy atom. The quantitative estimate of drug-likeness (QED) is 0.816. The normalized spacial score (nSPS) is 25.7. The largest absolute Gasteiger partial charge is 0.380 e. The molecule has 0 spiro atoms. The van der Waals surface area contributed by atoms with E-state index in [1.165, 1.54) is 6.07 Å². The van der Waals surface area contributed by atoms with Gasteiger partial charge < -0.3 is 10.1 Å². The van der Waals surface area contributed by atoms with E-state index in [4.69, 9.17) is 4.74 Å². The molecule has 0 amide bonds. The third kappa shape index (κ3) is 2.36. The van der Waals surface area contributed by atoms with Crippen molar-refractivity contribution in [1.82, 2.24) is 5.32 Å². The summed E-state index contributed by atoms with van der Waals surface area (Å²) < 4.78 is 18.8. The highest BCUT2D eigenvalue weighted by Gasteiger charge is 2.27. The Labute approximate surface area is 89.4 Å². The summed E-state index contributed by atoms with van der Waals surface area (Å²) in [6.07, 6.45) is 0.961. The third-order valence-electron chi connectivity index (χ3n) is 3.02. The van der Waals surface area contributed by atoms with E-state index >= 15 is 0 Å². The highest BCUT2D eigenvalue weighted by molar-refractivity contribution is 5.18. The number of ether oxygens (including phenoxy) is 1. The molecule has 1 heterocycles. The topological polar surface area (TPSA) is 21.3 Å². The van der Waals surface area contributed by atoms with Crippen molar-refractivity contribution in [3.05, 3.63) is 35.6 Å². The van der Waals surface area contributed by atoms with Crippen molar-refractivity contribution in [2.75, 3.05) is 20.2 Å². The molecular weight excluding hydrogens is 193 g/mol. The Kier molecular flexibility index (Phi) is 3.34. The number of hydrogen-bond donors (Lipinski definition) is 1. The van der Waals surface area contributed by atoms with Crippen LogP contribution in [0, 0.1) is 11.7 Å². The van der Waals surface area contributed by atoms with Gasteiger partial charge in [0.15, 0.2) is 0 Å². The molecule has 0 saturated carbocycles. The number of hydrogen-bond acceptors (Lipinski definition) is 2. The van der Waals surface area contributed by atoms with Crippen molar-refractivity contribution < 1.29 is 9.13 Å². The molecule has 2 unspecified atom stereocenters. The number of rotatable bonds is 3. The standard InChI is InChI=1S/C12H16FNO/c1-15-12-8-14-7-10(12)6-9-4-2-3-5-11(9)13/h2-5,10,12,14H,6-8H2,1H3. The van der Waals surface area contributed by atoms with E-state index in [9.17, 15) is 4.39 Å². The van der Waals surface area contributed by atoms with Crippen LogP contribution in [0.2, 0.25) is 0 Å². The molecule has 2 rings (SSSR count). The van der Waals surface area contributed by atoms with Crippen LogP contribution in [0.3, 0.4) is 0 Å². The van der Waals surface area contributed by atoms with Gasteiger partial charge in [-0.1, -0.05) is 18.2 Å². The van der Waals surface area contributed by atoms with E-state index in [2.05, 4.69) is 5.32 Å². The van der Waals surface area contributed by atoms with Crippen LogP contribution in [0.5, 0.6) is 0 Å². The lowest BCUT2D eigenvalue weighted by molar-refractivity contribution is 0.0829. The fraction of sp³-hybridized carbons (Fsp3) is 0.500. The molecule has 2 nitrogen and oxygen atoms in total. The lowest BCUT2D eigenvalue weighted by atomic mass is 9.96. The van der Waals surface area contributed by atoms with Crippen molar-refractivity contribution in [2.24, 2.45) is 5.92 Å². The molecule has 0 bridgehead atoms. The summed E-state index contributed by atoms with van der Waals surface area (Å²) in [7, 11) is 1.71. The summed E-state index contributed by atoms with van der Waals surface area (Å²) in [5.41, 5.74) is 0.785. The minimum absolute atomic E-state index is 0.112. The van der Waals surface area contributed by atoms with Crippen molar-refractivity contribution in [1.29, 1.82) is 0 Å². The maximum absolute atomic E-state index is 13.4. The lowest BCUT2D eigenvalue weighted by Gasteiger charge is -2.17. The van der Waals surface area contributed by atoms with Crippen molar-refractivity contribution in [3.8, 4) is 0 Å².